The molecule has 1 aromatic heterocycles. The largest absolute Gasteiger partial charge is 0.271 e. The Morgan fingerprint density at radius 1 is 1.28 bits per heavy atom. The molecule has 0 spiro atoms. The Labute approximate surface area is 115 Å². The van der Waals surface area contributed by atoms with Crippen LogP contribution in [-0.2, 0) is 0 Å². The van der Waals surface area contributed by atoms with Gasteiger partial charge in [-0.25, -0.2) is 0 Å². The number of hydrazine groups is 1. The molecule has 0 saturated heterocycles. The van der Waals surface area contributed by atoms with Crippen molar-refractivity contribution in [2.45, 2.75) is 53.0 Å². The van der Waals surface area contributed by atoms with Crippen LogP contribution in [-0.4, -0.2) is 0 Å². The summed E-state index contributed by atoms with van der Waals surface area (Å²) in [6.07, 6.45) is 3.94. The third-order valence-electron chi connectivity index (χ3n) is 4.78. The first-order valence-electron chi connectivity index (χ1n) is 7.06. The standard InChI is InChI=1S/C15H26N2S/c1-9-5-6-13(7-10(9)2)15(17-16)14-8-11(3)12(4)18-14/h8-10,13,15,17H,5-7,16H2,1-4H3. The summed E-state index contributed by atoms with van der Waals surface area (Å²) in [7, 11) is 0. The van der Waals surface area contributed by atoms with Crippen molar-refractivity contribution in [3.05, 3.63) is 21.4 Å². The minimum atomic E-state index is 0.345. The van der Waals surface area contributed by atoms with Crippen molar-refractivity contribution in [1.29, 1.82) is 0 Å². The summed E-state index contributed by atoms with van der Waals surface area (Å²) >= 11 is 1.90. The Morgan fingerprint density at radius 2 is 2.00 bits per heavy atom. The van der Waals surface area contributed by atoms with Gasteiger partial charge in [-0.15, -0.1) is 11.3 Å². The van der Waals surface area contributed by atoms with Crippen LogP contribution in [0.3, 0.4) is 0 Å². The van der Waals surface area contributed by atoms with E-state index in [-0.39, 0.29) is 0 Å². The molecular weight excluding hydrogens is 240 g/mol. The minimum absolute atomic E-state index is 0.345. The summed E-state index contributed by atoms with van der Waals surface area (Å²) in [6, 6.07) is 2.66. The van der Waals surface area contributed by atoms with E-state index in [0.29, 0.717) is 12.0 Å². The Bertz CT molecular complexity index is 380. The van der Waals surface area contributed by atoms with Crippen molar-refractivity contribution >= 4 is 11.3 Å². The van der Waals surface area contributed by atoms with Gasteiger partial charge in [-0.05, 0) is 56.1 Å². The summed E-state index contributed by atoms with van der Waals surface area (Å²) in [4.78, 5) is 2.83. The van der Waals surface area contributed by atoms with E-state index < -0.39 is 0 Å². The predicted molar refractivity (Wildman–Crippen MR) is 79.5 cm³/mol. The zero-order valence-electron chi connectivity index (χ0n) is 12.0. The van der Waals surface area contributed by atoms with Crippen LogP contribution in [0, 0.1) is 31.6 Å². The highest BCUT2D eigenvalue weighted by Crippen LogP contribution is 2.41. The van der Waals surface area contributed by atoms with Gasteiger partial charge in [0, 0.05) is 9.75 Å². The first-order valence-corrected chi connectivity index (χ1v) is 7.87. The number of nitrogens with two attached hydrogens (primary N) is 1. The summed E-state index contributed by atoms with van der Waals surface area (Å²) in [6.45, 7) is 9.15. The highest BCUT2D eigenvalue weighted by atomic mass is 32.1. The summed E-state index contributed by atoms with van der Waals surface area (Å²) in [5.41, 5.74) is 4.47. The van der Waals surface area contributed by atoms with Gasteiger partial charge in [0.25, 0.3) is 0 Å². The Kier molecular flexibility index (Phi) is 4.46. The van der Waals surface area contributed by atoms with E-state index >= 15 is 0 Å². The molecule has 3 heteroatoms. The molecule has 1 aromatic rings. The fourth-order valence-electron chi connectivity index (χ4n) is 3.10. The molecule has 2 nitrogen and oxygen atoms in total. The average Bonchev–Trinajstić information content (AvgIpc) is 2.65. The van der Waals surface area contributed by atoms with E-state index in [1.165, 1.54) is 34.6 Å². The fraction of sp³-hybridized carbons (Fsp3) is 0.733. The number of rotatable bonds is 3. The summed E-state index contributed by atoms with van der Waals surface area (Å²) in [5, 5.41) is 0. The number of thiophene rings is 1. The van der Waals surface area contributed by atoms with Gasteiger partial charge in [0.15, 0.2) is 0 Å². The third kappa shape index (κ3) is 2.79. The molecule has 0 bridgehead atoms. The molecule has 4 atom stereocenters. The maximum absolute atomic E-state index is 5.83. The molecule has 18 heavy (non-hydrogen) atoms. The molecule has 1 saturated carbocycles. The predicted octanol–water partition coefficient (Wildman–Crippen LogP) is 3.94. The van der Waals surface area contributed by atoms with Gasteiger partial charge < -0.3 is 0 Å². The maximum Gasteiger partial charge on any atom is 0.0581 e. The van der Waals surface area contributed by atoms with Crippen LogP contribution in [0.2, 0.25) is 0 Å². The SMILES string of the molecule is Cc1cc(C(NN)C2CCC(C)C(C)C2)sc1C. The van der Waals surface area contributed by atoms with Crippen LogP contribution in [0.4, 0.5) is 0 Å². The first kappa shape index (κ1) is 14.0. The van der Waals surface area contributed by atoms with E-state index in [1.54, 1.807) is 0 Å². The topological polar surface area (TPSA) is 38.0 Å². The molecule has 4 unspecified atom stereocenters. The smallest absolute Gasteiger partial charge is 0.0581 e. The highest BCUT2D eigenvalue weighted by Gasteiger charge is 2.31. The van der Waals surface area contributed by atoms with Crippen molar-refractivity contribution in [3.63, 3.8) is 0 Å². The molecule has 1 aliphatic rings. The van der Waals surface area contributed by atoms with E-state index in [0.717, 1.165) is 11.8 Å². The highest BCUT2D eigenvalue weighted by molar-refractivity contribution is 7.12. The molecule has 0 aliphatic heterocycles. The zero-order chi connectivity index (χ0) is 13.3. The van der Waals surface area contributed by atoms with Crippen LogP contribution >= 0.6 is 11.3 Å². The van der Waals surface area contributed by atoms with Crippen molar-refractivity contribution in [3.8, 4) is 0 Å². The van der Waals surface area contributed by atoms with E-state index in [2.05, 4.69) is 39.2 Å². The van der Waals surface area contributed by atoms with Crippen LogP contribution in [0.1, 0.15) is 54.5 Å². The number of hydrogen-bond acceptors (Lipinski definition) is 3. The van der Waals surface area contributed by atoms with Gasteiger partial charge in [-0.1, -0.05) is 20.3 Å². The van der Waals surface area contributed by atoms with Crippen molar-refractivity contribution in [2.24, 2.45) is 23.6 Å². The van der Waals surface area contributed by atoms with Gasteiger partial charge >= 0.3 is 0 Å². The Morgan fingerprint density at radius 3 is 2.50 bits per heavy atom. The lowest BCUT2D eigenvalue weighted by Crippen LogP contribution is -2.36. The Hall–Kier alpha value is -0.380. The van der Waals surface area contributed by atoms with Gasteiger partial charge in [0.1, 0.15) is 0 Å². The molecule has 102 valence electrons. The van der Waals surface area contributed by atoms with Crippen molar-refractivity contribution < 1.29 is 0 Å². The third-order valence-corrected chi connectivity index (χ3v) is 6.02. The van der Waals surface area contributed by atoms with Gasteiger partial charge in [-0.3, -0.25) is 11.3 Å². The van der Waals surface area contributed by atoms with Crippen molar-refractivity contribution in [1.82, 2.24) is 5.43 Å². The van der Waals surface area contributed by atoms with Gasteiger partial charge in [0.2, 0.25) is 0 Å². The summed E-state index contributed by atoms with van der Waals surface area (Å²) < 4.78 is 0. The molecule has 1 fully saturated rings. The van der Waals surface area contributed by atoms with Gasteiger partial charge in [-0.2, -0.15) is 0 Å². The molecule has 0 radical (unpaired) electrons. The number of aryl methyl sites for hydroxylation is 2. The molecule has 0 aromatic carbocycles. The second kappa shape index (κ2) is 5.72. The lowest BCUT2D eigenvalue weighted by Gasteiger charge is -2.36. The molecule has 3 N–H and O–H groups in total. The molecule has 1 heterocycles. The van der Waals surface area contributed by atoms with Gasteiger partial charge in [0.05, 0.1) is 6.04 Å². The second-order valence-corrected chi connectivity index (χ2v) is 7.35. The Balaban J connectivity index is 2.13. The summed E-state index contributed by atoms with van der Waals surface area (Å²) in [5.74, 6) is 8.21. The van der Waals surface area contributed by atoms with Crippen molar-refractivity contribution in [2.75, 3.05) is 0 Å². The van der Waals surface area contributed by atoms with E-state index in [9.17, 15) is 0 Å². The molecular formula is C15H26N2S. The normalized spacial score (nSPS) is 30.4. The maximum atomic E-state index is 5.83. The number of nitrogens with one attached hydrogen (secondary N) is 1. The molecule has 0 amide bonds. The monoisotopic (exact) mass is 266 g/mol. The quantitative estimate of drug-likeness (QED) is 0.642. The van der Waals surface area contributed by atoms with Crippen LogP contribution in [0.15, 0.2) is 6.07 Å². The van der Waals surface area contributed by atoms with Crippen LogP contribution < -0.4 is 11.3 Å². The number of hydrogen-bond donors (Lipinski definition) is 2. The molecule has 1 aliphatic carbocycles. The minimum Gasteiger partial charge on any atom is -0.271 e. The zero-order valence-corrected chi connectivity index (χ0v) is 12.8. The average molecular weight is 266 g/mol. The van der Waals surface area contributed by atoms with Crippen LogP contribution in [0.5, 0.6) is 0 Å². The lowest BCUT2D eigenvalue weighted by atomic mass is 9.73. The van der Waals surface area contributed by atoms with E-state index in [4.69, 9.17) is 5.84 Å². The first-order chi connectivity index (χ1) is 8.52. The van der Waals surface area contributed by atoms with E-state index in [1.807, 2.05) is 11.3 Å². The lowest BCUT2D eigenvalue weighted by molar-refractivity contribution is 0.172. The second-order valence-electron chi connectivity index (χ2n) is 6.06. The molecule has 2 rings (SSSR count). The fourth-order valence-corrected chi connectivity index (χ4v) is 4.29. The van der Waals surface area contributed by atoms with Crippen LogP contribution in [0.25, 0.3) is 0 Å².